The van der Waals surface area contributed by atoms with Crippen LogP contribution in [0.1, 0.15) is 39.3 Å². The van der Waals surface area contributed by atoms with Crippen LogP contribution in [0.15, 0.2) is 39.0 Å². The Balaban J connectivity index is 1.75. The molecule has 0 atom stereocenters. The summed E-state index contributed by atoms with van der Waals surface area (Å²) in [5.74, 6) is -2.20. The Labute approximate surface area is 174 Å². The van der Waals surface area contributed by atoms with Gasteiger partial charge >= 0.3 is 5.97 Å². The lowest BCUT2D eigenvalue weighted by atomic mass is 10.2. The van der Waals surface area contributed by atoms with E-state index in [9.17, 15) is 22.4 Å². The molecule has 0 aliphatic carbocycles. The van der Waals surface area contributed by atoms with Gasteiger partial charge in [-0.05, 0) is 59.1 Å². The molecule has 1 aromatic carbocycles. The number of halogens is 2. The average Bonchev–Trinajstić information content (AvgIpc) is 3.13. The number of ether oxygens (including phenoxy) is 1. The molecular formula is C18H17BrFNO5S2. The number of hydrogen-bond donors (Lipinski definition) is 0. The number of ketones is 1. The molecule has 3 rings (SSSR count). The molecule has 0 unspecified atom stereocenters. The maximum absolute atomic E-state index is 14.2. The van der Waals surface area contributed by atoms with E-state index in [4.69, 9.17) is 4.74 Å². The molecule has 0 spiro atoms. The number of rotatable bonds is 6. The third-order valence-electron chi connectivity index (χ3n) is 4.28. The predicted molar refractivity (Wildman–Crippen MR) is 106 cm³/mol. The second-order valence-corrected chi connectivity index (χ2v) is 10.6. The summed E-state index contributed by atoms with van der Waals surface area (Å²) >= 11 is 4.45. The zero-order valence-electron chi connectivity index (χ0n) is 14.7. The molecule has 1 aliphatic heterocycles. The molecule has 10 heteroatoms. The van der Waals surface area contributed by atoms with E-state index in [1.165, 1.54) is 15.6 Å². The number of hydrogen-bond acceptors (Lipinski definition) is 6. The summed E-state index contributed by atoms with van der Waals surface area (Å²) in [5.41, 5.74) is -0.128. The molecule has 0 amide bonds. The lowest BCUT2D eigenvalue weighted by Crippen LogP contribution is -2.36. The van der Waals surface area contributed by atoms with Crippen molar-refractivity contribution in [3.8, 4) is 0 Å². The molecule has 0 saturated carbocycles. The molecule has 1 aliphatic rings. The van der Waals surface area contributed by atoms with Crippen molar-refractivity contribution in [2.45, 2.75) is 24.2 Å². The molecule has 1 saturated heterocycles. The number of piperidine rings is 1. The van der Waals surface area contributed by atoms with Gasteiger partial charge in [0.2, 0.25) is 15.8 Å². The van der Waals surface area contributed by atoms with Gasteiger partial charge in [-0.1, -0.05) is 6.42 Å². The van der Waals surface area contributed by atoms with Crippen molar-refractivity contribution in [3.05, 3.63) is 50.4 Å². The van der Waals surface area contributed by atoms with E-state index in [0.29, 0.717) is 30.8 Å². The fourth-order valence-corrected chi connectivity index (χ4v) is 5.74. The molecule has 1 aromatic heterocycles. The summed E-state index contributed by atoms with van der Waals surface area (Å²) in [4.78, 5) is 24.1. The van der Waals surface area contributed by atoms with Gasteiger partial charge in [-0.15, -0.1) is 11.3 Å². The summed E-state index contributed by atoms with van der Waals surface area (Å²) < 4.78 is 46.6. The quantitative estimate of drug-likeness (QED) is 0.454. The number of Topliss-reactive ketones (excluding diaryl/α,β-unsaturated/α-hetero) is 1. The van der Waals surface area contributed by atoms with Crippen LogP contribution in [0.3, 0.4) is 0 Å². The standard InChI is InChI=1S/C18H17BrFNO5S2/c19-17-7-6-15(27-17)14(22)11-26-18(23)12-4-5-13(20)16(10-12)28(24,25)21-8-2-1-3-9-21/h4-7,10H,1-3,8-9,11H2. The molecular weight excluding hydrogens is 473 g/mol. The summed E-state index contributed by atoms with van der Waals surface area (Å²) in [6.07, 6.45) is 2.35. The lowest BCUT2D eigenvalue weighted by Gasteiger charge is -2.26. The molecule has 2 heterocycles. The topological polar surface area (TPSA) is 80.8 Å². The Morgan fingerprint density at radius 1 is 1.14 bits per heavy atom. The highest BCUT2D eigenvalue weighted by Crippen LogP contribution is 2.25. The fraction of sp³-hybridized carbons (Fsp3) is 0.333. The van der Waals surface area contributed by atoms with Crippen molar-refractivity contribution in [1.29, 1.82) is 0 Å². The van der Waals surface area contributed by atoms with Gasteiger partial charge in [0, 0.05) is 13.1 Å². The Morgan fingerprint density at radius 3 is 2.50 bits per heavy atom. The SMILES string of the molecule is O=C(OCC(=O)c1ccc(Br)s1)c1ccc(F)c(S(=O)(=O)N2CCCCC2)c1. The molecule has 28 heavy (non-hydrogen) atoms. The smallest absolute Gasteiger partial charge is 0.338 e. The molecule has 1 fully saturated rings. The Hall–Kier alpha value is -1.62. The van der Waals surface area contributed by atoms with Gasteiger partial charge < -0.3 is 4.74 Å². The first-order valence-electron chi connectivity index (χ1n) is 8.54. The van der Waals surface area contributed by atoms with Crippen molar-refractivity contribution in [1.82, 2.24) is 4.31 Å². The van der Waals surface area contributed by atoms with Crippen LogP contribution in [0.5, 0.6) is 0 Å². The van der Waals surface area contributed by atoms with Gasteiger partial charge in [0.15, 0.2) is 6.61 Å². The number of carbonyl (C=O) groups excluding carboxylic acids is 2. The molecule has 0 radical (unpaired) electrons. The van der Waals surface area contributed by atoms with Crippen molar-refractivity contribution >= 4 is 49.0 Å². The highest BCUT2D eigenvalue weighted by Gasteiger charge is 2.29. The average molecular weight is 490 g/mol. The van der Waals surface area contributed by atoms with E-state index >= 15 is 0 Å². The van der Waals surface area contributed by atoms with Crippen LogP contribution in [0, 0.1) is 5.82 Å². The van der Waals surface area contributed by atoms with E-state index < -0.39 is 33.3 Å². The van der Waals surface area contributed by atoms with Crippen LogP contribution in [0.2, 0.25) is 0 Å². The third-order valence-corrected chi connectivity index (χ3v) is 7.86. The van der Waals surface area contributed by atoms with Crippen molar-refractivity contribution in [2.75, 3.05) is 19.7 Å². The van der Waals surface area contributed by atoms with Crippen LogP contribution in [-0.4, -0.2) is 44.2 Å². The van der Waals surface area contributed by atoms with Crippen LogP contribution in [0.25, 0.3) is 0 Å². The van der Waals surface area contributed by atoms with Crippen LogP contribution in [-0.2, 0) is 14.8 Å². The zero-order valence-corrected chi connectivity index (χ0v) is 17.9. The minimum atomic E-state index is -4.04. The van der Waals surface area contributed by atoms with Crippen LogP contribution >= 0.6 is 27.3 Å². The minimum Gasteiger partial charge on any atom is -0.454 e. The molecule has 150 valence electrons. The lowest BCUT2D eigenvalue weighted by molar-refractivity contribution is 0.0475. The second-order valence-electron chi connectivity index (χ2n) is 6.21. The number of sulfonamides is 1. The fourth-order valence-electron chi connectivity index (χ4n) is 2.82. The maximum Gasteiger partial charge on any atom is 0.338 e. The minimum absolute atomic E-state index is 0.128. The van der Waals surface area contributed by atoms with Crippen LogP contribution < -0.4 is 0 Å². The van der Waals surface area contributed by atoms with Crippen LogP contribution in [0.4, 0.5) is 4.39 Å². The second kappa shape index (κ2) is 8.81. The number of carbonyl (C=O) groups is 2. The molecule has 0 bridgehead atoms. The van der Waals surface area contributed by atoms with Gasteiger partial charge in [-0.2, -0.15) is 4.31 Å². The van der Waals surface area contributed by atoms with Gasteiger partial charge in [-0.25, -0.2) is 17.6 Å². The van der Waals surface area contributed by atoms with Gasteiger partial charge in [0.1, 0.15) is 10.7 Å². The summed E-state index contributed by atoms with van der Waals surface area (Å²) in [6, 6.07) is 6.34. The summed E-state index contributed by atoms with van der Waals surface area (Å²) in [6.45, 7) is 0.153. The third kappa shape index (κ3) is 4.68. The largest absolute Gasteiger partial charge is 0.454 e. The highest BCUT2D eigenvalue weighted by atomic mass is 79.9. The number of nitrogens with zero attached hydrogens (tertiary/aromatic N) is 1. The monoisotopic (exact) mass is 489 g/mol. The number of esters is 1. The normalized spacial score (nSPS) is 15.4. The number of thiophene rings is 1. The molecule has 0 N–H and O–H groups in total. The zero-order chi connectivity index (χ0) is 20.3. The van der Waals surface area contributed by atoms with E-state index in [-0.39, 0.29) is 11.3 Å². The predicted octanol–water partition coefficient (Wildman–Crippen LogP) is 3.86. The van der Waals surface area contributed by atoms with Gasteiger partial charge in [0.05, 0.1) is 14.2 Å². The van der Waals surface area contributed by atoms with Gasteiger partial charge in [-0.3, -0.25) is 4.79 Å². The first-order chi connectivity index (χ1) is 13.3. The summed E-state index contributed by atoms with van der Waals surface area (Å²) in [5, 5.41) is 0. The van der Waals surface area contributed by atoms with Crippen molar-refractivity contribution in [2.24, 2.45) is 0 Å². The van der Waals surface area contributed by atoms with E-state index in [1.807, 2.05) is 0 Å². The van der Waals surface area contributed by atoms with Crippen molar-refractivity contribution in [3.63, 3.8) is 0 Å². The Bertz CT molecular complexity index is 999. The first kappa shape index (κ1) is 21.1. The Morgan fingerprint density at radius 2 is 1.86 bits per heavy atom. The van der Waals surface area contributed by atoms with E-state index in [2.05, 4.69) is 15.9 Å². The van der Waals surface area contributed by atoms with E-state index in [0.717, 1.165) is 28.4 Å². The first-order valence-corrected chi connectivity index (χ1v) is 11.6. The summed E-state index contributed by atoms with van der Waals surface area (Å²) in [7, 11) is -4.04. The van der Waals surface area contributed by atoms with E-state index in [1.54, 1.807) is 12.1 Å². The number of benzene rings is 1. The van der Waals surface area contributed by atoms with Crippen molar-refractivity contribution < 1.29 is 27.1 Å². The molecule has 6 nitrogen and oxygen atoms in total. The Kier molecular flexibility index (Phi) is 6.64. The molecule has 2 aromatic rings. The highest BCUT2D eigenvalue weighted by molar-refractivity contribution is 9.11. The van der Waals surface area contributed by atoms with Gasteiger partial charge in [0.25, 0.3) is 0 Å². The maximum atomic E-state index is 14.2.